The lowest BCUT2D eigenvalue weighted by Gasteiger charge is -2.49. The van der Waals surface area contributed by atoms with Crippen molar-refractivity contribution in [2.24, 2.45) is 10.6 Å². The van der Waals surface area contributed by atoms with Crippen LogP contribution in [0.15, 0.2) is 26.1 Å². The summed E-state index contributed by atoms with van der Waals surface area (Å²) < 4.78 is 12.6. The SMILES string of the molecule is Cc1nnc2sc(SCC3=C(C(=O)OCOC(=O)C(C)(C)C)N4C(=O)[C@@H](NC(=O)/C(=N\O)c5csc(N)n5)[C@H]4SC3)nn12. The van der Waals surface area contributed by atoms with E-state index in [2.05, 4.69) is 30.8 Å². The van der Waals surface area contributed by atoms with Crippen molar-refractivity contribution in [2.45, 2.75) is 43.5 Å². The van der Waals surface area contributed by atoms with Crippen LogP contribution in [0.4, 0.5) is 5.13 Å². The van der Waals surface area contributed by atoms with Gasteiger partial charge in [-0.2, -0.15) is 4.52 Å². The number of amides is 2. The van der Waals surface area contributed by atoms with Gasteiger partial charge in [0, 0.05) is 16.9 Å². The number of nitrogens with one attached hydrogen (secondary N) is 1. The summed E-state index contributed by atoms with van der Waals surface area (Å²) in [6, 6.07) is -1.02. The van der Waals surface area contributed by atoms with Crippen molar-refractivity contribution < 1.29 is 33.9 Å². The number of hydrogen-bond acceptors (Lipinski definition) is 17. The number of fused-ring (bicyclic) bond motifs is 2. The van der Waals surface area contributed by atoms with Gasteiger partial charge in [-0.15, -0.1) is 38.4 Å². The van der Waals surface area contributed by atoms with Crippen molar-refractivity contribution >= 4 is 85.8 Å². The van der Waals surface area contributed by atoms with Crippen molar-refractivity contribution in [3.63, 3.8) is 0 Å². The van der Waals surface area contributed by atoms with Crippen LogP contribution in [-0.4, -0.2) is 94.1 Å². The van der Waals surface area contributed by atoms with Crippen molar-refractivity contribution in [2.75, 3.05) is 24.0 Å². The number of β-lactam (4-membered cyclic amide) rings is 1. The minimum Gasteiger partial charge on any atom is -0.427 e. The summed E-state index contributed by atoms with van der Waals surface area (Å²) in [6.07, 6.45) is 0. The molecule has 5 heterocycles. The Morgan fingerprint density at radius 2 is 2.05 bits per heavy atom. The molecule has 0 saturated carbocycles. The third kappa shape index (κ3) is 6.17. The number of anilines is 1. The highest BCUT2D eigenvalue weighted by Gasteiger charge is 2.54. The summed E-state index contributed by atoms with van der Waals surface area (Å²) in [7, 11) is 0. The first-order valence-corrected chi connectivity index (χ1v) is 16.2. The van der Waals surface area contributed by atoms with Gasteiger partial charge in [-0.1, -0.05) is 28.3 Å². The van der Waals surface area contributed by atoms with E-state index < -0.39 is 53.1 Å². The number of ether oxygens (including phenoxy) is 2. The average molecular weight is 668 g/mol. The van der Waals surface area contributed by atoms with Gasteiger partial charge in [-0.3, -0.25) is 19.3 Å². The normalized spacial score (nSPS) is 18.8. The molecule has 16 nitrogen and oxygen atoms in total. The molecular formula is C23H25N9O7S4. The van der Waals surface area contributed by atoms with Crippen molar-refractivity contribution in [1.82, 2.24) is 35.0 Å². The molecule has 0 radical (unpaired) electrons. The summed E-state index contributed by atoms with van der Waals surface area (Å²) in [5.41, 5.74) is 5.05. The minimum absolute atomic E-state index is 0.000982. The first kappa shape index (κ1) is 30.7. The Hall–Kier alpha value is -3.75. The lowest BCUT2D eigenvalue weighted by atomic mass is 9.98. The Morgan fingerprint density at radius 3 is 2.70 bits per heavy atom. The van der Waals surface area contributed by atoms with Crippen molar-refractivity contribution in [3.8, 4) is 0 Å². The van der Waals surface area contributed by atoms with E-state index in [1.807, 2.05) is 0 Å². The number of oxime groups is 1. The Kier molecular flexibility index (Phi) is 8.63. The summed E-state index contributed by atoms with van der Waals surface area (Å²) >= 11 is 5.07. The second kappa shape index (κ2) is 12.1. The molecule has 4 N–H and O–H groups in total. The number of thioether (sulfide) groups is 2. The molecule has 3 aromatic heterocycles. The largest absolute Gasteiger partial charge is 0.427 e. The molecule has 0 unspecified atom stereocenters. The minimum atomic E-state index is -1.02. The molecule has 20 heteroatoms. The fourth-order valence-electron chi connectivity index (χ4n) is 3.93. The second-order valence-corrected chi connectivity index (χ2v) is 14.3. The summed E-state index contributed by atoms with van der Waals surface area (Å²) in [4.78, 5) is 57.5. The van der Waals surface area contributed by atoms with Crippen LogP contribution in [0.5, 0.6) is 0 Å². The maximum atomic E-state index is 13.4. The van der Waals surface area contributed by atoms with Crippen LogP contribution in [0.3, 0.4) is 0 Å². The van der Waals surface area contributed by atoms with Gasteiger partial charge in [0.2, 0.25) is 11.8 Å². The van der Waals surface area contributed by atoms with Crippen LogP contribution in [-0.2, 0) is 28.7 Å². The Labute approximate surface area is 260 Å². The third-order valence-corrected chi connectivity index (χ3v) is 10.2. The Morgan fingerprint density at radius 1 is 1.28 bits per heavy atom. The van der Waals surface area contributed by atoms with Crippen molar-refractivity contribution in [3.05, 3.63) is 28.2 Å². The quantitative estimate of drug-likeness (QED) is 0.0557. The molecular weight excluding hydrogens is 643 g/mol. The predicted octanol–water partition coefficient (Wildman–Crippen LogP) is 1.25. The molecule has 2 aliphatic rings. The number of thiazole rings is 1. The van der Waals surface area contributed by atoms with Gasteiger partial charge in [-0.25, -0.2) is 9.78 Å². The summed E-state index contributed by atoms with van der Waals surface area (Å²) in [6.45, 7) is 6.13. The fourth-order valence-corrected chi connectivity index (χ4v) is 7.88. The van der Waals surface area contributed by atoms with Crippen LogP contribution in [0.2, 0.25) is 0 Å². The van der Waals surface area contributed by atoms with Gasteiger partial charge in [0.25, 0.3) is 11.8 Å². The molecule has 0 spiro atoms. The van der Waals surface area contributed by atoms with E-state index in [1.165, 1.54) is 45.1 Å². The molecule has 0 aromatic carbocycles. The molecule has 0 aliphatic carbocycles. The molecule has 228 valence electrons. The van der Waals surface area contributed by atoms with Crippen LogP contribution in [0, 0.1) is 12.3 Å². The average Bonchev–Trinajstić information content (AvgIpc) is 3.67. The zero-order valence-electron chi connectivity index (χ0n) is 23.1. The van der Waals surface area contributed by atoms with E-state index in [1.54, 1.807) is 32.2 Å². The standard InChI is InChI=1S/C23H25N9O7S4/c1-9-27-28-21-32(9)29-22(43-21)42-6-10-5-40-17-13(26-15(33)12(30-37)11-7-41-20(24)25-11)16(34)31(17)14(10)18(35)38-8-39-19(36)23(2,3)4/h7,13,17,37H,5-6,8H2,1-4H3,(H2,24,25)(H,26,33)/b30-12-/t13-,17-/m1/s1. The molecule has 1 saturated heterocycles. The molecule has 5 rings (SSSR count). The van der Waals surface area contributed by atoms with E-state index in [-0.39, 0.29) is 16.5 Å². The highest BCUT2D eigenvalue weighted by atomic mass is 32.2. The summed E-state index contributed by atoms with van der Waals surface area (Å²) in [5, 5.41) is 28.5. The number of rotatable bonds is 9. The van der Waals surface area contributed by atoms with Gasteiger partial charge in [0.1, 0.15) is 22.8 Å². The first-order chi connectivity index (χ1) is 20.4. The van der Waals surface area contributed by atoms with Gasteiger partial charge < -0.3 is 25.7 Å². The lowest BCUT2D eigenvalue weighted by Crippen LogP contribution is -2.71. The topological polar surface area (TPSA) is 217 Å². The van der Waals surface area contributed by atoms with Gasteiger partial charge in [0.15, 0.2) is 21.0 Å². The second-order valence-electron chi connectivity index (χ2n) is 10.2. The zero-order chi connectivity index (χ0) is 31.1. The Balaban J connectivity index is 1.33. The lowest BCUT2D eigenvalue weighted by molar-refractivity contribution is -0.173. The molecule has 2 atom stereocenters. The van der Waals surface area contributed by atoms with Crippen LogP contribution < -0.4 is 11.1 Å². The molecule has 2 aliphatic heterocycles. The first-order valence-electron chi connectivity index (χ1n) is 12.5. The maximum absolute atomic E-state index is 13.4. The van der Waals surface area contributed by atoms with Crippen molar-refractivity contribution in [1.29, 1.82) is 0 Å². The number of esters is 2. The van der Waals surface area contributed by atoms with E-state index in [9.17, 15) is 24.4 Å². The number of aromatic nitrogens is 5. The monoisotopic (exact) mass is 667 g/mol. The highest BCUT2D eigenvalue weighted by Crippen LogP contribution is 2.42. The maximum Gasteiger partial charge on any atom is 0.357 e. The molecule has 1 fully saturated rings. The van der Waals surface area contributed by atoms with Crippen LogP contribution in [0.1, 0.15) is 32.3 Å². The van der Waals surface area contributed by atoms with Crippen LogP contribution in [0.25, 0.3) is 4.96 Å². The zero-order valence-corrected chi connectivity index (χ0v) is 26.4. The summed E-state index contributed by atoms with van der Waals surface area (Å²) in [5.74, 6) is -1.58. The van der Waals surface area contributed by atoms with E-state index in [0.29, 0.717) is 32.2 Å². The number of nitrogens with two attached hydrogens (primary N) is 1. The number of carbonyl (C=O) groups is 4. The van der Waals surface area contributed by atoms with E-state index in [4.69, 9.17) is 15.2 Å². The van der Waals surface area contributed by atoms with Crippen LogP contribution >= 0.6 is 46.2 Å². The molecule has 2 amide bonds. The predicted molar refractivity (Wildman–Crippen MR) is 158 cm³/mol. The number of aryl methyl sites for hydroxylation is 1. The number of nitrogens with zero attached hydrogens (tertiary/aromatic N) is 7. The number of hydrogen-bond donors (Lipinski definition) is 3. The fraction of sp³-hybridized carbons (Fsp3) is 0.435. The molecule has 0 bridgehead atoms. The van der Waals surface area contributed by atoms with E-state index in [0.717, 1.165) is 11.3 Å². The number of carbonyl (C=O) groups excluding carboxylic acids is 4. The van der Waals surface area contributed by atoms with E-state index >= 15 is 0 Å². The van der Waals surface area contributed by atoms with Gasteiger partial charge in [-0.05, 0) is 33.3 Å². The van der Waals surface area contributed by atoms with Gasteiger partial charge in [0.05, 0.1) is 5.41 Å². The Bertz CT molecular complexity index is 1670. The molecule has 3 aromatic rings. The molecule has 43 heavy (non-hydrogen) atoms. The smallest absolute Gasteiger partial charge is 0.357 e. The highest BCUT2D eigenvalue weighted by molar-refractivity contribution is 8.02. The van der Waals surface area contributed by atoms with Gasteiger partial charge >= 0.3 is 11.9 Å². The third-order valence-electron chi connectivity index (χ3n) is 6.10. The number of nitrogen functional groups attached to an aromatic ring is 1.